The molecule has 148 valence electrons. The molecule has 8 bridgehead atoms. The summed E-state index contributed by atoms with van der Waals surface area (Å²) >= 11 is 0. The Balaban J connectivity index is 0.00000175. The smallest absolute Gasteiger partial charge is 0.494 e. The largest absolute Gasteiger partial charge is 4.00 e. The molecule has 30 heavy (non-hydrogen) atoms. The van der Waals surface area contributed by atoms with Crippen molar-refractivity contribution in [3.05, 3.63) is 108 Å². The van der Waals surface area contributed by atoms with Gasteiger partial charge in [-0.1, -0.05) is 23.5 Å². The number of allylic oxidation sites excluding steroid dienone is 2. The van der Waals surface area contributed by atoms with E-state index in [0.29, 0.717) is 0 Å². The van der Waals surface area contributed by atoms with Gasteiger partial charge in [0.1, 0.15) is 0 Å². The molecule has 0 saturated carbocycles. The fourth-order valence-electron chi connectivity index (χ4n) is 4.57. The van der Waals surface area contributed by atoms with Gasteiger partial charge in [0.05, 0.1) is 0 Å². The third-order valence-corrected chi connectivity index (χ3v) is 6.05. The fourth-order valence-corrected chi connectivity index (χ4v) is 4.57. The summed E-state index contributed by atoms with van der Waals surface area (Å²) in [6.45, 7) is 5.11. The molecular formula is C25H18N4Pt. The average molecular weight is 570 g/mol. The zero-order valence-corrected chi connectivity index (χ0v) is 18.4. The maximum absolute atomic E-state index is 3.67. The molecule has 5 aliphatic rings. The third kappa shape index (κ3) is 2.70. The topological polar surface area (TPSA) is 13.0 Å². The molecule has 5 heterocycles. The first-order valence-electron chi connectivity index (χ1n) is 10.0. The van der Waals surface area contributed by atoms with Crippen molar-refractivity contribution in [1.82, 2.24) is 9.80 Å². The zero-order valence-electron chi connectivity index (χ0n) is 16.2. The number of anilines is 2. The molecule has 0 atom stereocenters. The van der Waals surface area contributed by atoms with Crippen molar-refractivity contribution in [3.63, 3.8) is 0 Å². The molecule has 5 aliphatic heterocycles. The molecule has 5 heteroatoms. The van der Waals surface area contributed by atoms with E-state index >= 15 is 0 Å². The van der Waals surface area contributed by atoms with Crippen molar-refractivity contribution in [3.8, 4) is 0 Å². The maximum Gasteiger partial charge on any atom is 4.00 e. The summed E-state index contributed by atoms with van der Waals surface area (Å²) in [6.07, 6.45) is 15.0. The minimum Gasteiger partial charge on any atom is -0.494 e. The minimum absolute atomic E-state index is 0. The van der Waals surface area contributed by atoms with Crippen LogP contribution in [0.15, 0.2) is 60.2 Å². The van der Waals surface area contributed by atoms with Crippen molar-refractivity contribution in [1.29, 1.82) is 0 Å². The number of nitrogens with zero attached hydrogens (tertiary/aromatic N) is 4. The van der Waals surface area contributed by atoms with E-state index in [2.05, 4.69) is 106 Å². The van der Waals surface area contributed by atoms with Crippen LogP contribution < -0.4 is 9.80 Å². The van der Waals surface area contributed by atoms with E-state index in [4.69, 9.17) is 0 Å². The van der Waals surface area contributed by atoms with Crippen LogP contribution in [-0.4, -0.2) is 16.5 Å². The molecule has 0 fully saturated rings. The molecule has 0 spiro atoms. The molecule has 0 aromatic heterocycles. The van der Waals surface area contributed by atoms with E-state index in [1.165, 1.54) is 33.6 Å². The Hall–Kier alpha value is -2.71. The third-order valence-electron chi connectivity index (χ3n) is 6.05. The van der Waals surface area contributed by atoms with Gasteiger partial charge < -0.3 is 19.6 Å². The van der Waals surface area contributed by atoms with Crippen LogP contribution in [0.3, 0.4) is 0 Å². The summed E-state index contributed by atoms with van der Waals surface area (Å²) in [5.74, 6) is 0. The van der Waals surface area contributed by atoms with E-state index in [1.807, 2.05) is 0 Å². The van der Waals surface area contributed by atoms with Crippen LogP contribution in [0.2, 0.25) is 0 Å². The van der Waals surface area contributed by atoms with Crippen LogP contribution in [0.4, 0.5) is 11.4 Å². The average Bonchev–Trinajstić information content (AvgIpc) is 3.35. The molecule has 4 nitrogen and oxygen atoms in total. The van der Waals surface area contributed by atoms with E-state index in [9.17, 15) is 0 Å². The Labute approximate surface area is 191 Å². The van der Waals surface area contributed by atoms with Crippen LogP contribution in [-0.2, 0) is 33.9 Å². The van der Waals surface area contributed by atoms with Gasteiger partial charge in [-0.15, -0.1) is 23.3 Å². The second-order valence-electron chi connectivity index (χ2n) is 7.99. The molecule has 0 saturated heterocycles. The zero-order chi connectivity index (χ0) is 18.9. The second kappa shape index (κ2) is 6.65. The van der Waals surface area contributed by atoms with Gasteiger partial charge >= 0.3 is 21.1 Å². The molecule has 2 aromatic carbocycles. The number of aryl methyl sites for hydroxylation is 2. The fraction of sp³-hybridized carbons (Fsp3) is 0.120. The van der Waals surface area contributed by atoms with E-state index in [-0.39, 0.29) is 21.1 Å². The van der Waals surface area contributed by atoms with Gasteiger partial charge in [0, 0.05) is 18.1 Å². The first-order valence-corrected chi connectivity index (χ1v) is 10.0. The summed E-state index contributed by atoms with van der Waals surface area (Å²) in [4.78, 5) is 8.95. The Kier molecular flexibility index (Phi) is 4.01. The first-order chi connectivity index (χ1) is 14.3. The standard InChI is InChI=1S/C25H18N4.Pt/c1-2-19-4-6-21-8-10-23-14-27(17-29(23)25(21)12-19)15-26-13-22-9-7-20-5-3-18(1)11-24(20)28(22)16-26;/h3-10,13-14,16-17H,1-2,15H2;/q-4;+4. The van der Waals surface area contributed by atoms with Crippen molar-refractivity contribution in [2.75, 3.05) is 16.5 Å². The van der Waals surface area contributed by atoms with Crippen molar-refractivity contribution in [2.24, 2.45) is 0 Å². The van der Waals surface area contributed by atoms with Gasteiger partial charge in [-0.2, -0.15) is 60.9 Å². The number of hydrogen-bond acceptors (Lipinski definition) is 4. The Bertz CT molecular complexity index is 1080. The summed E-state index contributed by atoms with van der Waals surface area (Å²) < 4.78 is 0. The Morgan fingerprint density at radius 2 is 1.17 bits per heavy atom. The normalized spacial score (nSPS) is 19.6. The Morgan fingerprint density at radius 1 is 0.667 bits per heavy atom. The number of hydrogen-bond donors (Lipinski definition) is 0. The number of benzene rings is 2. The number of fused-ring (bicyclic) bond motifs is 4. The quantitative estimate of drug-likeness (QED) is 0.440. The predicted molar refractivity (Wildman–Crippen MR) is 114 cm³/mol. The Morgan fingerprint density at radius 3 is 1.67 bits per heavy atom. The number of rotatable bonds is 0. The predicted octanol–water partition coefficient (Wildman–Crippen LogP) is 4.26. The molecule has 0 N–H and O–H groups in total. The van der Waals surface area contributed by atoms with E-state index in [0.717, 1.165) is 30.9 Å². The van der Waals surface area contributed by atoms with Gasteiger partial charge in [0.15, 0.2) is 0 Å². The van der Waals surface area contributed by atoms with Crippen molar-refractivity contribution >= 4 is 23.5 Å². The van der Waals surface area contributed by atoms with Crippen LogP contribution in [0, 0.1) is 25.5 Å². The summed E-state index contributed by atoms with van der Waals surface area (Å²) in [6, 6.07) is 16.2. The molecule has 0 amide bonds. The maximum atomic E-state index is 3.67. The summed E-state index contributed by atoms with van der Waals surface area (Å²) in [5.41, 5.74) is 9.56. The monoisotopic (exact) mass is 569 g/mol. The molecule has 0 aliphatic carbocycles. The first kappa shape index (κ1) is 18.1. The second-order valence-corrected chi connectivity index (χ2v) is 7.99. The van der Waals surface area contributed by atoms with Gasteiger partial charge in [0.2, 0.25) is 0 Å². The van der Waals surface area contributed by atoms with E-state index in [1.54, 1.807) is 0 Å². The SMILES string of the molecule is [Pt+4].[c-]1c2ccc3c1N1[CH-]N(C=C1C=C3)CN1C=C3C=Cc4ccc([c-]c4N3[CH-]1)CC2. The van der Waals surface area contributed by atoms with Gasteiger partial charge in [-0.05, 0) is 25.2 Å². The van der Waals surface area contributed by atoms with Crippen LogP contribution in [0.1, 0.15) is 22.3 Å². The van der Waals surface area contributed by atoms with Crippen LogP contribution in [0.5, 0.6) is 0 Å². The molecule has 2 aromatic rings. The van der Waals surface area contributed by atoms with Crippen LogP contribution >= 0.6 is 0 Å². The molecule has 0 unspecified atom stereocenters. The molecular weight excluding hydrogens is 551 g/mol. The van der Waals surface area contributed by atoms with Crippen molar-refractivity contribution in [2.45, 2.75) is 12.8 Å². The van der Waals surface area contributed by atoms with Crippen molar-refractivity contribution < 1.29 is 21.1 Å². The van der Waals surface area contributed by atoms with Gasteiger partial charge in [-0.25, -0.2) is 0 Å². The minimum atomic E-state index is 0. The molecule has 0 radical (unpaired) electrons. The summed E-state index contributed by atoms with van der Waals surface area (Å²) in [7, 11) is 0. The molecule has 7 rings (SSSR count). The van der Waals surface area contributed by atoms with Gasteiger partial charge in [0.25, 0.3) is 0 Å². The van der Waals surface area contributed by atoms with E-state index < -0.39 is 0 Å². The van der Waals surface area contributed by atoms with Crippen LogP contribution in [0.25, 0.3) is 12.2 Å². The summed E-state index contributed by atoms with van der Waals surface area (Å²) in [5, 5.41) is 0. The van der Waals surface area contributed by atoms with Gasteiger partial charge in [-0.3, -0.25) is 0 Å².